The van der Waals surface area contributed by atoms with E-state index in [4.69, 9.17) is 16.3 Å². The van der Waals surface area contributed by atoms with E-state index >= 15 is 0 Å². The fourth-order valence-corrected chi connectivity index (χ4v) is 4.55. The molecule has 3 amide bonds. The molecule has 0 bridgehead atoms. The second-order valence-corrected chi connectivity index (χ2v) is 9.63. The van der Waals surface area contributed by atoms with Crippen LogP contribution in [0.15, 0.2) is 30.3 Å². The highest BCUT2D eigenvalue weighted by Gasteiger charge is 2.27. The predicted octanol–water partition coefficient (Wildman–Crippen LogP) is 2.78. The zero-order valence-corrected chi connectivity index (χ0v) is 19.3. The van der Waals surface area contributed by atoms with Gasteiger partial charge < -0.3 is 25.6 Å². The number of nitrogens with one attached hydrogen (secondary N) is 3. The first-order chi connectivity index (χ1) is 15.9. The molecule has 2 aliphatic rings. The van der Waals surface area contributed by atoms with Gasteiger partial charge in [-0.05, 0) is 43.2 Å². The molecule has 3 N–H and O–H groups in total. The highest BCUT2D eigenvalue weighted by Crippen LogP contribution is 2.24. The van der Waals surface area contributed by atoms with Crippen molar-refractivity contribution >= 4 is 52.0 Å². The Morgan fingerprint density at radius 1 is 1.27 bits per heavy atom. The summed E-state index contributed by atoms with van der Waals surface area (Å²) < 4.78 is 20.3. The Morgan fingerprint density at radius 2 is 2.09 bits per heavy atom. The first-order valence-corrected chi connectivity index (χ1v) is 11.9. The molecule has 1 aromatic heterocycles. The molecule has 2 aromatic rings. The summed E-state index contributed by atoms with van der Waals surface area (Å²) in [5.74, 6) is -1.68. The lowest BCUT2D eigenvalue weighted by molar-refractivity contribution is -0.125. The zero-order valence-electron chi connectivity index (χ0n) is 17.7. The molecule has 1 aliphatic heterocycles. The molecule has 2 fully saturated rings. The average Bonchev–Trinajstić information content (AvgIpc) is 3.20. The number of nitrogens with zero attached hydrogens (tertiary/aromatic N) is 1. The topological polar surface area (TPSA) is 99.8 Å². The molecule has 1 aromatic carbocycles. The normalized spacial score (nSPS) is 17.4. The quantitative estimate of drug-likeness (QED) is 0.524. The molecule has 1 unspecified atom stereocenters. The average molecular weight is 495 g/mol. The summed E-state index contributed by atoms with van der Waals surface area (Å²) in [7, 11) is 0. The number of carbonyl (C=O) groups is 3. The summed E-state index contributed by atoms with van der Waals surface area (Å²) in [6.07, 6.45) is 2.95. The maximum absolute atomic E-state index is 14.7. The van der Waals surface area contributed by atoms with E-state index in [-0.39, 0.29) is 36.7 Å². The van der Waals surface area contributed by atoms with Gasteiger partial charge in [0, 0.05) is 24.8 Å². The Labute approximate surface area is 199 Å². The van der Waals surface area contributed by atoms with E-state index in [1.807, 2.05) is 0 Å². The predicted molar refractivity (Wildman–Crippen MR) is 124 cm³/mol. The highest BCUT2D eigenvalue weighted by molar-refractivity contribution is 7.18. The van der Waals surface area contributed by atoms with E-state index in [0.717, 1.165) is 30.6 Å². The fourth-order valence-electron chi connectivity index (χ4n) is 3.59. The molecule has 2 heterocycles. The van der Waals surface area contributed by atoms with Crippen LogP contribution in [0.4, 0.5) is 15.8 Å². The van der Waals surface area contributed by atoms with Crippen molar-refractivity contribution < 1.29 is 23.5 Å². The van der Waals surface area contributed by atoms with Crippen LogP contribution in [0.5, 0.6) is 0 Å². The molecule has 1 aliphatic carbocycles. The Morgan fingerprint density at radius 3 is 2.73 bits per heavy atom. The van der Waals surface area contributed by atoms with Crippen molar-refractivity contribution in [3.63, 3.8) is 0 Å². The number of carbonyl (C=O) groups excluding carboxylic acids is 3. The molecular weight excluding hydrogens is 471 g/mol. The van der Waals surface area contributed by atoms with Crippen LogP contribution in [0.2, 0.25) is 4.34 Å². The van der Waals surface area contributed by atoms with Gasteiger partial charge in [0.05, 0.1) is 21.5 Å². The number of morpholine rings is 1. The molecule has 1 saturated carbocycles. The van der Waals surface area contributed by atoms with Gasteiger partial charge in [-0.15, -0.1) is 11.3 Å². The molecule has 0 radical (unpaired) electrons. The van der Waals surface area contributed by atoms with Gasteiger partial charge in [0.15, 0.2) is 0 Å². The van der Waals surface area contributed by atoms with Crippen molar-refractivity contribution in [2.75, 3.05) is 36.5 Å². The van der Waals surface area contributed by atoms with Gasteiger partial charge in [-0.25, -0.2) is 4.39 Å². The van der Waals surface area contributed by atoms with Crippen LogP contribution in [-0.4, -0.2) is 56.1 Å². The van der Waals surface area contributed by atoms with Crippen molar-refractivity contribution in [2.45, 2.75) is 31.3 Å². The number of rotatable bonds is 8. The third-order valence-corrected chi connectivity index (χ3v) is 6.86. The summed E-state index contributed by atoms with van der Waals surface area (Å²) in [5, 5.41) is 8.58. The number of anilines is 2. The number of thiophene rings is 1. The third-order valence-electron chi connectivity index (χ3n) is 5.63. The van der Waals surface area contributed by atoms with Gasteiger partial charge in [-0.2, -0.15) is 0 Å². The fraction of sp³-hybridized carbons (Fsp3) is 0.409. The molecule has 4 rings (SSSR count). The standard InChI is InChI=1S/C22H24ClFN4O4S/c23-19-7-6-18(33-19)22(31)25-11-17(26-13-2-1-3-13)21(30)27-16-5-4-14(10-15(16)24)28-8-9-32-12-20(28)29/h4-7,10,13,17,26H,1-3,8-9,11-12H2,(H,25,31)(H,27,30). The smallest absolute Gasteiger partial charge is 0.261 e. The van der Waals surface area contributed by atoms with E-state index in [9.17, 15) is 18.8 Å². The van der Waals surface area contributed by atoms with Crippen LogP contribution >= 0.6 is 22.9 Å². The molecule has 8 nitrogen and oxygen atoms in total. The first-order valence-electron chi connectivity index (χ1n) is 10.7. The Hall–Kier alpha value is -2.53. The summed E-state index contributed by atoms with van der Waals surface area (Å²) in [6.45, 7) is 0.715. The largest absolute Gasteiger partial charge is 0.370 e. The minimum Gasteiger partial charge on any atom is -0.370 e. The molecule has 11 heteroatoms. The van der Waals surface area contributed by atoms with E-state index < -0.39 is 17.8 Å². The van der Waals surface area contributed by atoms with Crippen molar-refractivity contribution in [2.24, 2.45) is 0 Å². The molecule has 33 heavy (non-hydrogen) atoms. The summed E-state index contributed by atoms with van der Waals surface area (Å²) in [5.41, 5.74) is 0.408. The summed E-state index contributed by atoms with van der Waals surface area (Å²) in [6, 6.07) is 6.91. The lowest BCUT2D eigenvalue weighted by Gasteiger charge is -2.31. The minimum atomic E-state index is -0.741. The van der Waals surface area contributed by atoms with Crippen LogP contribution < -0.4 is 20.9 Å². The van der Waals surface area contributed by atoms with Crippen LogP contribution in [-0.2, 0) is 14.3 Å². The number of halogens is 2. The van der Waals surface area contributed by atoms with E-state index in [0.29, 0.717) is 28.1 Å². The third kappa shape index (κ3) is 5.89. The van der Waals surface area contributed by atoms with Crippen LogP contribution in [0.1, 0.15) is 28.9 Å². The van der Waals surface area contributed by atoms with Crippen LogP contribution in [0.25, 0.3) is 0 Å². The van der Waals surface area contributed by atoms with Crippen molar-refractivity contribution in [1.82, 2.24) is 10.6 Å². The molecule has 1 saturated heterocycles. The molecular formula is C22H24ClFN4O4S. The Kier molecular flexibility index (Phi) is 7.59. The van der Waals surface area contributed by atoms with Crippen molar-refractivity contribution in [1.29, 1.82) is 0 Å². The monoisotopic (exact) mass is 494 g/mol. The summed E-state index contributed by atoms with van der Waals surface area (Å²) >= 11 is 7.04. The molecule has 0 spiro atoms. The van der Waals surface area contributed by atoms with Crippen molar-refractivity contribution in [3.05, 3.63) is 45.4 Å². The number of amides is 3. The lowest BCUT2D eigenvalue weighted by Crippen LogP contribution is -2.53. The lowest BCUT2D eigenvalue weighted by atomic mass is 9.92. The number of hydrogen-bond donors (Lipinski definition) is 3. The van der Waals surface area contributed by atoms with E-state index in [2.05, 4.69) is 16.0 Å². The number of hydrogen-bond acceptors (Lipinski definition) is 6. The van der Waals surface area contributed by atoms with E-state index in [1.54, 1.807) is 18.2 Å². The van der Waals surface area contributed by atoms with E-state index in [1.165, 1.54) is 17.0 Å². The molecule has 1 atom stereocenters. The van der Waals surface area contributed by atoms with Gasteiger partial charge in [0.2, 0.25) is 5.91 Å². The zero-order chi connectivity index (χ0) is 23.4. The van der Waals surface area contributed by atoms with Gasteiger partial charge in [0.25, 0.3) is 11.8 Å². The second kappa shape index (κ2) is 10.6. The van der Waals surface area contributed by atoms with Gasteiger partial charge in [0.1, 0.15) is 18.5 Å². The number of ether oxygens (including phenoxy) is 1. The Balaban J connectivity index is 1.41. The molecule has 176 valence electrons. The maximum Gasteiger partial charge on any atom is 0.261 e. The van der Waals surface area contributed by atoms with Crippen LogP contribution in [0.3, 0.4) is 0 Å². The number of benzene rings is 1. The SMILES string of the molecule is O=C(NCC(NC1CCC1)C(=O)Nc1ccc(N2CCOCC2=O)cc1F)c1ccc(Cl)s1. The maximum atomic E-state index is 14.7. The van der Waals surface area contributed by atoms with Crippen LogP contribution in [0, 0.1) is 5.82 Å². The highest BCUT2D eigenvalue weighted by atomic mass is 35.5. The van der Waals surface area contributed by atoms with Gasteiger partial charge >= 0.3 is 0 Å². The van der Waals surface area contributed by atoms with Gasteiger partial charge in [-0.3, -0.25) is 14.4 Å². The minimum absolute atomic E-state index is 0.00114. The van der Waals surface area contributed by atoms with Gasteiger partial charge in [-0.1, -0.05) is 18.0 Å². The Bertz CT molecular complexity index is 1050. The summed E-state index contributed by atoms with van der Waals surface area (Å²) in [4.78, 5) is 39.2. The first kappa shape index (κ1) is 23.6. The van der Waals surface area contributed by atoms with Crippen molar-refractivity contribution in [3.8, 4) is 0 Å². The second-order valence-electron chi connectivity index (χ2n) is 7.91.